The van der Waals surface area contributed by atoms with Crippen molar-refractivity contribution in [2.45, 2.75) is 19.8 Å². The summed E-state index contributed by atoms with van der Waals surface area (Å²) in [4.78, 5) is 40.6. The molecule has 0 bridgehead atoms. The number of hydrogen-bond donors (Lipinski definition) is 3. The number of anilines is 2. The van der Waals surface area contributed by atoms with Crippen LogP contribution in [0.15, 0.2) is 36.8 Å². The van der Waals surface area contributed by atoms with Crippen molar-refractivity contribution in [2.24, 2.45) is 11.1 Å². The van der Waals surface area contributed by atoms with E-state index in [0.717, 1.165) is 22.4 Å². The van der Waals surface area contributed by atoms with Crippen molar-refractivity contribution < 1.29 is 14.3 Å². The van der Waals surface area contributed by atoms with Gasteiger partial charge in [0.05, 0.1) is 10.8 Å². The molecule has 0 radical (unpaired) electrons. The fourth-order valence-electron chi connectivity index (χ4n) is 4.10. The Kier molecular flexibility index (Phi) is 7.63. The van der Waals surface area contributed by atoms with Gasteiger partial charge in [-0.2, -0.15) is 0 Å². The smallest absolute Gasteiger partial charge is 0.410 e. The lowest BCUT2D eigenvalue weighted by atomic mass is 9.77. The molecule has 11 heteroatoms. The van der Waals surface area contributed by atoms with Gasteiger partial charge in [-0.3, -0.25) is 4.79 Å². The predicted molar refractivity (Wildman–Crippen MR) is 134 cm³/mol. The zero-order valence-corrected chi connectivity index (χ0v) is 20.3. The lowest BCUT2D eigenvalue weighted by molar-refractivity contribution is -0.126. The van der Waals surface area contributed by atoms with E-state index in [0.29, 0.717) is 37.4 Å². The van der Waals surface area contributed by atoms with Crippen LogP contribution in [0.5, 0.6) is 5.75 Å². The highest BCUT2D eigenvalue weighted by Gasteiger charge is 2.41. The second-order valence-corrected chi connectivity index (χ2v) is 8.61. The Balaban J connectivity index is 0.00000324. The van der Waals surface area contributed by atoms with Crippen LogP contribution in [0.3, 0.4) is 0 Å². The SMILES string of the molecule is Cc1c[nH]c2ncnc(N3CCC(CN)(C(=O)Nc4cccc(OC(=O)N(C)C)c4)CC3)c12.Cl. The van der Waals surface area contributed by atoms with Crippen molar-refractivity contribution in [1.29, 1.82) is 0 Å². The van der Waals surface area contributed by atoms with Gasteiger partial charge in [0.15, 0.2) is 0 Å². The van der Waals surface area contributed by atoms with Crippen LogP contribution in [0.2, 0.25) is 0 Å². The van der Waals surface area contributed by atoms with Gasteiger partial charge in [-0.25, -0.2) is 14.8 Å². The minimum Gasteiger partial charge on any atom is -0.410 e. The van der Waals surface area contributed by atoms with Crippen LogP contribution in [0, 0.1) is 12.3 Å². The topological polar surface area (TPSA) is 129 Å². The second-order valence-electron chi connectivity index (χ2n) is 8.61. The molecule has 1 aliphatic rings. The van der Waals surface area contributed by atoms with E-state index >= 15 is 0 Å². The number of aryl methyl sites for hydroxylation is 1. The fourth-order valence-corrected chi connectivity index (χ4v) is 4.10. The number of nitrogens with two attached hydrogens (primary N) is 1. The monoisotopic (exact) mass is 487 g/mol. The highest BCUT2D eigenvalue weighted by atomic mass is 35.5. The Morgan fingerprint density at radius 3 is 2.68 bits per heavy atom. The summed E-state index contributed by atoms with van der Waals surface area (Å²) in [5, 5.41) is 3.97. The number of benzene rings is 1. The molecule has 0 spiro atoms. The number of amides is 2. The second kappa shape index (κ2) is 10.3. The van der Waals surface area contributed by atoms with Gasteiger partial charge in [-0.05, 0) is 37.5 Å². The molecule has 2 amide bonds. The number of hydrogen-bond acceptors (Lipinski definition) is 7. The summed E-state index contributed by atoms with van der Waals surface area (Å²) in [5.41, 5.74) is 7.88. The van der Waals surface area contributed by atoms with Crippen LogP contribution >= 0.6 is 12.4 Å². The maximum absolute atomic E-state index is 13.3. The number of rotatable bonds is 5. The summed E-state index contributed by atoms with van der Waals surface area (Å²) < 4.78 is 5.29. The van der Waals surface area contributed by atoms with Gasteiger partial charge < -0.3 is 30.6 Å². The molecule has 1 fully saturated rings. The van der Waals surface area contributed by atoms with Crippen molar-refractivity contribution in [3.8, 4) is 5.75 Å². The molecule has 2 aromatic heterocycles. The Labute approximate surface area is 204 Å². The van der Waals surface area contributed by atoms with Gasteiger partial charge in [0.2, 0.25) is 5.91 Å². The average Bonchev–Trinajstić information content (AvgIpc) is 3.20. The Bertz CT molecular complexity index is 1170. The Hall–Kier alpha value is -3.37. The van der Waals surface area contributed by atoms with Gasteiger partial charge in [0.25, 0.3) is 0 Å². The number of aromatic nitrogens is 3. The summed E-state index contributed by atoms with van der Waals surface area (Å²) in [7, 11) is 3.21. The third kappa shape index (κ3) is 4.92. The molecular formula is C23H30ClN7O3. The number of H-pyrrole nitrogens is 1. The molecule has 3 aromatic rings. The van der Waals surface area contributed by atoms with E-state index < -0.39 is 11.5 Å². The zero-order chi connectivity index (χ0) is 23.6. The number of halogens is 1. The molecule has 4 N–H and O–H groups in total. The van der Waals surface area contributed by atoms with Crippen LogP contribution < -0.4 is 20.7 Å². The number of ether oxygens (including phenoxy) is 1. The van der Waals surface area contributed by atoms with Gasteiger partial charge >= 0.3 is 6.09 Å². The number of nitrogens with zero attached hydrogens (tertiary/aromatic N) is 4. The van der Waals surface area contributed by atoms with Crippen LogP contribution in [0.4, 0.5) is 16.3 Å². The first-order valence-corrected chi connectivity index (χ1v) is 10.9. The van der Waals surface area contributed by atoms with Crippen molar-refractivity contribution >= 4 is 46.9 Å². The van der Waals surface area contributed by atoms with E-state index in [1.165, 1.54) is 4.90 Å². The average molecular weight is 488 g/mol. The molecule has 0 atom stereocenters. The Morgan fingerprint density at radius 2 is 2.00 bits per heavy atom. The predicted octanol–water partition coefficient (Wildman–Crippen LogP) is 2.93. The quantitative estimate of drug-likeness (QED) is 0.504. The largest absolute Gasteiger partial charge is 0.414 e. The number of aromatic amines is 1. The molecule has 0 saturated carbocycles. The number of nitrogens with one attached hydrogen (secondary N) is 2. The van der Waals surface area contributed by atoms with Crippen LogP contribution in [0.25, 0.3) is 11.0 Å². The maximum atomic E-state index is 13.3. The maximum Gasteiger partial charge on any atom is 0.414 e. The van der Waals surface area contributed by atoms with Crippen molar-refractivity contribution in [3.63, 3.8) is 0 Å². The van der Waals surface area contributed by atoms with E-state index in [-0.39, 0.29) is 24.9 Å². The lowest BCUT2D eigenvalue weighted by Gasteiger charge is -2.40. The summed E-state index contributed by atoms with van der Waals surface area (Å²) in [6.07, 6.45) is 4.19. The van der Waals surface area contributed by atoms with E-state index in [1.807, 2.05) is 13.1 Å². The first kappa shape index (κ1) is 25.3. The molecule has 3 heterocycles. The summed E-state index contributed by atoms with van der Waals surface area (Å²) in [6.45, 7) is 3.57. The first-order chi connectivity index (χ1) is 15.8. The van der Waals surface area contributed by atoms with E-state index in [9.17, 15) is 9.59 Å². The first-order valence-electron chi connectivity index (χ1n) is 10.9. The highest BCUT2D eigenvalue weighted by molar-refractivity contribution is 5.96. The molecule has 34 heavy (non-hydrogen) atoms. The van der Waals surface area contributed by atoms with E-state index in [1.54, 1.807) is 44.7 Å². The van der Waals surface area contributed by atoms with E-state index in [4.69, 9.17) is 10.5 Å². The number of carbonyl (C=O) groups excluding carboxylic acids is 2. The molecule has 1 aliphatic heterocycles. The molecule has 1 saturated heterocycles. The standard InChI is InChI=1S/C23H29N7O3.ClH/c1-15-12-25-19-18(15)20(27-14-26-19)30-9-7-23(13-24,8-10-30)21(31)28-16-5-4-6-17(11-16)33-22(32)29(2)3;/h4-6,11-12,14H,7-10,13,24H2,1-3H3,(H,28,31)(H,25,26,27);1H. The minimum atomic E-state index is -0.688. The molecule has 10 nitrogen and oxygen atoms in total. The summed E-state index contributed by atoms with van der Waals surface area (Å²) in [5.74, 6) is 1.10. The molecular weight excluding hydrogens is 458 g/mol. The number of carbonyl (C=O) groups is 2. The summed E-state index contributed by atoms with van der Waals surface area (Å²) >= 11 is 0. The molecule has 1 aromatic carbocycles. The number of fused-ring (bicyclic) bond motifs is 1. The fraction of sp³-hybridized carbons (Fsp3) is 0.391. The number of piperidine rings is 1. The van der Waals surface area contributed by atoms with Gasteiger partial charge in [0.1, 0.15) is 23.5 Å². The van der Waals surface area contributed by atoms with Crippen LogP contribution in [-0.4, -0.2) is 65.6 Å². The van der Waals surface area contributed by atoms with Crippen molar-refractivity contribution in [1.82, 2.24) is 19.9 Å². The van der Waals surface area contributed by atoms with Gasteiger partial charge in [-0.15, -0.1) is 12.4 Å². The van der Waals surface area contributed by atoms with Crippen LogP contribution in [0.1, 0.15) is 18.4 Å². The Morgan fingerprint density at radius 1 is 1.26 bits per heavy atom. The molecule has 182 valence electrons. The molecule has 4 rings (SSSR count). The summed E-state index contributed by atoms with van der Waals surface area (Å²) in [6, 6.07) is 6.78. The van der Waals surface area contributed by atoms with Gasteiger partial charge in [0, 0.05) is 51.7 Å². The van der Waals surface area contributed by atoms with Crippen LogP contribution in [-0.2, 0) is 4.79 Å². The lowest BCUT2D eigenvalue weighted by Crippen LogP contribution is -2.50. The minimum absolute atomic E-state index is 0. The normalized spacial score (nSPS) is 14.9. The zero-order valence-electron chi connectivity index (χ0n) is 19.5. The van der Waals surface area contributed by atoms with Crippen molar-refractivity contribution in [2.75, 3.05) is 43.9 Å². The molecule has 0 aliphatic carbocycles. The van der Waals surface area contributed by atoms with Gasteiger partial charge in [-0.1, -0.05) is 6.07 Å². The third-order valence-corrected chi connectivity index (χ3v) is 6.20. The van der Waals surface area contributed by atoms with E-state index in [2.05, 4.69) is 25.2 Å². The van der Waals surface area contributed by atoms with Crippen molar-refractivity contribution in [3.05, 3.63) is 42.4 Å². The highest BCUT2D eigenvalue weighted by Crippen LogP contribution is 2.36. The molecule has 0 unspecified atom stereocenters. The third-order valence-electron chi connectivity index (χ3n) is 6.20.